The summed E-state index contributed by atoms with van der Waals surface area (Å²) in [5.41, 5.74) is 0.0369. The molecule has 1 aliphatic rings. The van der Waals surface area contributed by atoms with Gasteiger partial charge in [-0.2, -0.15) is 0 Å². The minimum Gasteiger partial charge on any atom is -0.506 e. The van der Waals surface area contributed by atoms with Crippen LogP contribution in [-0.4, -0.2) is 47.9 Å². The lowest BCUT2D eigenvalue weighted by Gasteiger charge is -2.22. The highest BCUT2D eigenvalue weighted by Gasteiger charge is 2.22. The summed E-state index contributed by atoms with van der Waals surface area (Å²) in [6.45, 7) is 1.49. The number of carboxylic acid groups (broad SMARTS) is 1. The zero-order valence-electron chi connectivity index (χ0n) is 10.0. The fourth-order valence-electron chi connectivity index (χ4n) is 1.72. The van der Waals surface area contributed by atoms with E-state index in [0.717, 1.165) is 0 Å². The number of aromatic carboxylic acids is 1. The number of aromatic hydroxyl groups is 1. The monoisotopic (exact) mass is 266 g/mol. The van der Waals surface area contributed by atoms with E-state index in [-0.39, 0.29) is 17.0 Å². The van der Waals surface area contributed by atoms with Crippen molar-refractivity contribution in [2.24, 2.45) is 0 Å². The highest BCUT2D eigenvalue weighted by Crippen LogP contribution is 2.24. The zero-order valence-corrected chi connectivity index (χ0v) is 10.0. The SMILES string of the molecule is O=C(O)c1ccc(O)c(NC(=O)C2CNCCO2)c1. The Morgan fingerprint density at radius 1 is 1.42 bits per heavy atom. The molecule has 1 fully saturated rings. The summed E-state index contributed by atoms with van der Waals surface area (Å²) < 4.78 is 5.26. The van der Waals surface area contributed by atoms with E-state index in [4.69, 9.17) is 9.84 Å². The van der Waals surface area contributed by atoms with E-state index in [1.807, 2.05) is 0 Å². The molecule has 1 saturated heterocycles. The van der Waals surface area contributed by atoms with Crippen LogP contribution < -0.4 is 10.6 Å². The van der Waals surface area contributed by atoms with E-state index >= 15 is 0 Å². The van der Waals surface area contributed by atoms with Gasteiger partial charge in [-0.05, 0) is 18.2 Å². The summed E-state index contributed by atoms with van der Waals surface area (Å²) in [6.07, 6.45) is -0.651. The van der Waals surface area contributed by atoms with E-state index in [9.17, 15) is 14.7 Å². The summed E-state index contributed by atoms with van der Waals surface area (Å²) in [5, 5.41) is 23.9. The van der Waals surface area contributed by atoms with Gasteiger partial charge < -0.3 is 25.6 Å². The minimum atomic E-state index is -1.13. The van der Waals surface area contributed by atoms with Gasteiger partial charge in [-0.3, -0.25) is 4.79 Å². The maximum Gasteiger partial charge on any atom is 0.335 e. The molecule has 0 aliphatic carbocycles. The zero-order chi connectivity index (χ0) is 13.8. The molecule has 0 spiro atoms. The average molecular weight is 266 g/mol. The number of carbonyl (C=O) groups is 2. The van der Waals surface area contributed by atoms with Crippen LogP contribution >= 0.6 is 0 Å². The number of carboxylic acids is 1. The Balaban J connectivity index is 2.11. The van der Waals surface area contributed by atoms with Crippen LogP contribution in [0.4, 0.5) is 5.69 Å². The lowest BCUT2D eigenvalue weighted by molar-refractivity contribution is -0.128. The maximum atomic E-state index is 11.9. The smallest absolute Gasteiger partial charge is 0.335 e. The molecule has 1 aromatic carbocycles. The van der Waals surface area contributed by atoms with E-state index in [0.29, 0.717) is 19.7 Å². The first-order chi connectivity index (χ1) is 9.08. The molecule has 7 heteroatoms. The third kappa shape index (κ3) is 3.21. The molecule has 1 unspecified atom stereocenters. The number of anilines is 1. The first-order valence-corrected chi connectivity index (χ1v) is 5.77. The van der Waals surface area contributed by atoms with E-state index in [2.05, 4.69) is 10.6 Å². The van der Waals surface area contributed by atoms with Gasteiger partial charge in [0.05, 0.1) is 17.9 Å². The van der Waals surface area contributed by atoms with Crippen molar-refractivity contribution in [2.45, 2.75) is 6.10 Å². The first-order valence-electron chi connectivity index (χ1n) is 5.77. The second-order valence-electron chi connectivity index (χ2n) is 4.09. The van der Waals surface area contributed by atoms with Crippen molar-refractivity contribution in [3.05, 3.63) is 23.8 Å². The molecule has 1 aliphatic heterocycles. The number of carbonyl (C=O) groups excluding carboxylic acids is 1. The molecule has 1 atom stereocenters. The van der Waals surface area contributed by atoms with Crippen molar-refractivity contribution in [1.82, 2.24) is 5.32 Å². The number of morpholine rings is 1. The number of rotatable bonds is 3. The molecular weight excluding hydrogens is 252 g/mol. The molecule has 0 aromatic heterocycles. The van der Waals surface area contributed by atoms with Crippen LogP contribution in [0.1, 0.15) is 10.4 Å². The summed E-state index contributed by atoms with van der Waals surface area (Å²) in [5.74, 6) is -1.75. The number of phenols is 1. The molecule has 0 radical (unpaired) electrons. The van der Waals surface area contributed by atoms with E-state index in [1.54, 1.807) is 0 Å². The predicted molar refractivity (Wildman–Crippen MR) is 66.3 cm³/mol. The molecule has 1 heterocycles. The fourth-order valence-corrected chi connectivity index (χ4v) is 1.72. The standard InChI is InChI=1S/C12H14N2O5/c15-9-2-1-7(12(17)18)5-8(9)14-11(16)10-6-13-3-4-19-10/h1-2,5,10,13,15H,3-4,6H2,(H,14,16)(H,17,18). The molecule has 2 rings (SSSR count). The van der Waals surface area contributed by atoms with Crippen molar-refractivity contribution in [2.75, 3.05) is 25.0 Å². The molecular formula is C12H14N2O5. The van der Waals surface area contributed by atoms with Crippen LogP contribution in [0.2, 0.25) is 0 Å². The molecule has 0 saturated carbocycles. The van der Waals surface area contributed by atoms with Crippen LogP contribution in [0, 0.1) is 0 Å². The first kappa shape index (κ1) is 13.3. The van der Waals surface area contributed by atoms with Gasteiger partial charge in [0.15, 0.2) is 0 Å². The molecule has 19 heavy (non-hydrogen) atoms. The Bertz CT molecular complexity index is 497. The number of ether oxygens (including phenoxy) is 1. The van der Waals surface area contributed by atoms with Crippen molar-refractivity contribution in [3.63, 3.8) is 0 Å². The predicted octanol–water partition coefficient (Wildman–Crippen LogP) is 0.0173. The lowest BCUT2D eigenvalue weighted by atomic mass is 10.1. The summed E-state index contributed by atoms with van der Waals surface area (Å²) in [7, 11) is 0. The van der Waals surface area contributed by atoms with Gasteiger partial charge in [-0.25, -0.2) is 4.79 Å². The third-order valence-corrected chi connectivity index (χ3v) is 2.72. The molecule has 7 nitrogen and oxygen atoms in total. The van der Waals surface area contributed by atoms with Crippen molar-refractivity contribution in [3.8, 4) is 5.75 Å². The van der Waals surface area contributed by atoms with Gasteiger partial charge >= 0.3 is 5.97 Å². The normalized spacial score (nSPS) is 18.8. The molecule has 4 N–H and O–H groups in total. The second-order valence-corrected chi connectivity index (χ2v) is 4.09. The van der Waals surface area contributed by atoms with Gasteiger partial charge in [0.25, 0.3) is 5.91 Å². The van der Waals surface area contributed by atoms with Crippen LogP contribution in [-0.2, 0) is 9.53 Å². The highest BCUT2D eigenvalue weighted by molar-refractivity contribution is 5.97. The second kappa shape index (κ2) is 5.68. The molecule has 102 valence electrons. The number of amides is 1. The number of hydrogen-bond acceptors (Lipinski definition) is 5. The lowest BCUT2D eigenvalue weighted by Crippen LogP contribution is -2.45. The van der Waals surface area contributed by atoms with Gasteiger partial charge in [-0.1, -0.05) is 0 Å². The number of hydrogen-bond donors (Lipinski definition) is 4. The van der Waals surface area contributed by atoms with Crippen LogP contribution in [0.5, 0.6) is 5.75 Å². The average Bonchev–Trinajstić information content (AvgIpc) is 2.42. The van der Waals surface area contributed by atoms with Gasteiger partial charge in [0.2, 0.25) is 0 Å². The topological polar surface area (TPSA) is 108 Å². The largest absolute Gasteiger partial charge is 0.506 e. The third-order valence-electron chi connectivity index (χ3n) is 2.72. The minimum absolute atomic E-state index is 0.0178. The highest BCUT2D eigenvalue weighted by atomic mass is 16.5. The van der Waals surface area contributed by atoms with Gasteiger partial charge in [-0.15, -0.1) is 0 Å². The number of benzene rings is 1. The quantitative estimate of drug-likeness (QED) is 0.574. The molecule has 1 aromatic rings. The van der Waals surface area contributed by atoms with Crippen LogP contribution in [0.3, 0.4) is 0 Å². The van der Waals surface area contributed by atoms with E-state index < -0.39 is 18.0 Å². The Morgan fingerprint density at radius 2 is 2.21 bits per heavy atom. The fraction of sp³-hybridized carbons (Fsp3) is 0.333. The van der Waals surface area contributed by atoms with Crippen LogP contribution in [0.25, 0.3) is 0 Å². The van der Waals surface area contributed by atoms with Crippen molar-refractivity contribution in [1.29, 1.82) is 0 Å². The molecule has 1 amide bonds. The molecule has 0 bridgehead atoms. The van der Waals surface area contributed by atoms with Gasteiger partial charge in [0, 0.05) is 13.1 Å². The summed E-state index contributed by atoms with van der Waals surface area (Å²) >= 11 is 0. The summed E-state index contributed by atoms with van der Waals surface area (Å²) in [6, 6.07) is 3.68. The van der Waals surface area contributed by atoms with E-state index in [1.165, 1.54) is 18.2 Å². The Kier molecular flexibility index (Phi) is 3.98. The Morgan fingerprint density at radius 3 is 2.84 bits per heavy atom. The Labute approximate surface area is 109 Å². The maximum absolute atomic E-state index is 11.9. The van der Waals surface area contributed by atoms with Crippen molar-refractivity contribution >= 4 is 17.6 Å². The van der Waals surface area contributed by atoms with Crippen LogP contribution in [0.15, 0.2) is 18.2 Å². The van der Waals surface area contributed by atoms with Gasteiger partial charge in [0.1, 0.15) is 11.9 Å². The number of phenolic OH excluding ortho intramolecular Hbond substituents is 1. The summed E-state index contributed by atoms with van der Waals surface area (Å²) in [4.78, 5) is 22.7. The van der Waals surface area contributed by atoms with Crippen molar-refractivity contribution < 1.29 is 24.5 Å². The Hall–Kier alpha value is -2.12. The number of nitrogens with one attached hydrogen (secondary N) is 2.